The molecule has 0 aliphatic heterocycles. The number of carbonyl (C=O) groups excluding carboxylic acids is 1. The number of aliphatic carboxylic acids is 1. The molecule has 0 saturated heterocycles. The van der Waals surface area contributed by atoms with Gasteiger partial charge in [0.2, 0.25) is 0 Å². The Morgan fingerprint density at radius 1 is 1.21 bits per heavy atom. The summed E-state index contributed by atoms with van der Waals surface area (Å²) in [4.78, 5) is 26.9. The van der Waals surface area contributed by atoms with E-state index < -0.39 is 17.7 Å². The summed E-state index contributed by atoms with van der Waals surface area (Å²) in [6.07, 6.45) is 3.95. The predicted octanol–water partition coefficient (Wildman–Crippen LogP) is 6.62. The minimum absolute atomic E-state index is 0.163. The van der Waals surface area contributed by atoms with Gasteiger partial charge in [0.15, 0.2) is 6.10 Å². The highest BCUT2D eigenvalue weighted by Crippen LogP contribution is 2.49. The fourth-order valence-electron chi connectivity index (χ4n) is 4.29. The molecular formula is C27H35NO4S. The Morgan fingerprint density at radius 2 is 1.88 bits per heavy atom. The van der Waals surface area contributed by atoms with Crippen molar-refractivity contribution in [1.82, 2.24) is 5.32 Å². The van der Waals surface area contributed by atoms with Crippen LogP contribution in [0.3, 0.4) is 0 Å². The average Bonchev–Trinajstić information content (AvgIpc) is 3.07. The molecule has 5 nitrogen and oxygen atoms in total. The van der Waals surface area contributed by atoms with Gasteiger partial charge in [0.25, 0.3) is 5.91 Å². The number of amides is 1. The summed E-state index contributed by atoms with van der Waals surface area (Å²) in [6.45, 7) is 12.1. The first-order valence-corrected chi connectivity index (χ1v) is 12.2. The summed E-state index contributed by atoms with van der Waals surface area (Å²) in [5, 5.41) is 12.9. The van der Waals surface area contributed by atoms with Gasteiger partial charge in [-0.25, -0.2) is 4.79 Å². The first kappa shape index (κ1) is 25.2. The molecule has 0 fully saturated rings. The molecule has 1 atom stereocenters. The smallest absolute Gasteiger partial charge is 0.337 e. The van der Waals surface area contributed by atoms with Crippen molar-refractivity contribution >= 4 is 28.8 Å². The maximum absolute atomic E-state index is 12.7. The summed E-state index contributed by atoms with van der Waals surface area (Å²) in [5.74, 6) is -1.17. The number of thiophene rings is 1. The molecule has 6 heteroatoms. The van der Waals surface area contributed by atoms with Crippen LogP contribution in [0.15, 0.2) is 30.3 Å². The zero-order valence-corrected chi connectivity index (χ0v) is 21.5. The highest BCUT2D eigenvalue weighted by atomic mass is 32.1. The maximum Gasteiger partial charge on any atom is 0.337 e. The van der Waals surface area contributed by atoms with Gasteiger partial charge in [-0.1, -0.05) is 38.1 Å². The third kappa shape index (κ3) is 5.56. The van der Waals surface area contributed by atoms with Gasteiger partial charge in [0, 0.05) is 39.1 Å². The van der Waals surface area contributed by atoms with Crippen molar-refractivity contribution in [1.29, 1.82) is 0 Å². The molecule has 3 rings (SSSR count). The number of rotatable bonds is 6. The van der Waals surface area contributed by atoms with E-state index in [0.29, 0.717) is 11.1 Å². The second-order valence-electron chi connectivity index (χ2n) is 10.4. The number of allylic oxidation sites excluding steroid dienone is 2. The molecule has 1 amide bonds. The van der Waals surface area contributed by atoms with Crippen LogP contribution in [-0.2, 0) is 9.53 Å². The van der Waals surface area contributed by atoms with E-state index in [-0.39, 0.29) is 11.3 Å². The van der Waals surface area contributed by atoms with Crippen molar-refractivity contribution in [2.45, 2.75) is 72.5 Å². The molecule has 1 unspecified atom stereocenters. The second-order valence-corrected chi connectivity index (χ2v) is 11.7. The van der Waals surface area contributed by atoms with E-state index in [1.54, 1.807) is 7.05 Å². The van der Waals surface area contributed by atoms with Crippen molar-refractivity contribution in [3.63, 3.8) is 0 Å². The highest BCUT2D eigenvalue weighted by molar-refractivity contribution is 7.16. The number of hydrogen-bond donors (Lipinski definition) is 2. The summed E-state index contributed by atoms with van der Waals surface area (Å²) in [6, 6.07) is 7.52. The Bertz CT molecular complexity index is 1090. The predicted molar refractivity (Wildman–Crippen MR) is 135 cm³/mol. The molecular weight excluding hydrogens is 434 g/mol. The molecule has 1 heterocycles. The summed E-state index contributed by atoms with van der Waals surface area (Å²) < 4.78 is 6.09. The monoisotopic (exact) mass is 469 g/mol. The second kappa shape index (κ2) is 9.43. The van der Waals surface area contributed by atoms with Gasteiger partial charge in [0.05, 0.1) is 5.60 Å². The Hall–Kier alpha value is -2.44. The van der Waals surface area contributed by atoms with E-state index >= 15 is 0 Å². The lowest BCUT2D eigenvalue weighted by atomic mass is 9.76. The van der Waals surface area contributed by atoms with Crippen LogP contribution in [0.5, 0.6) is 0 Å². The van der Waals surface area contributed by atoms with Gasteiger partial charge in [-0.05, 0) is 64.0 Å². The largest absolute Gasteiger partial charge is 0.479 e. The molecule has 0 saturated carbocycles. The molecule has 178 valence electrons. The first-order chi connectivity index (χ1) is 15.3. The quantitative estimate of drug-likeness (QED) is 0.499. The van der Waals surface area contributed by atoms with Crippen LogP contribution in [0.4, 0.5) is 0 Å². The molecule has 1 aromatic heterocycles. The Balaban J connectivity index is 2.31. The van der Waals surface area contributed by atoms with Crippen LogP contribution < -0.4 is 5.32 Å². The number of nitrogens with one attached hydrogen (secondary N) is 1. The van der Waals surface area contributed by atoms with E-state index in [4.69, 9.17) is 4.74 Å². The SMILES string of the molecule is CNC(=O)c1ccccc1-c1sc(C)c(C(OC(C)(C)C)C(=O)O)c1C1=CCC(C)(C)CC1. The van der Waals surface area contributed by atoms with Gasteiger partial charge >= 0.3 is 5.97 Å². The van der Waals surface area contributed by atoms with Crippen LogP contribution in [0.25, 0.3) is 16.0 Å². The number of carboxylic acid groups (broad SMARTS) is 1. The summed E-state index contributed by atoms with van der Waals surface area (Å²) in [5.41, 5.74) is 3.74. The Labute approximate surface area is 200 Å². The molecule has 0 bridgehead atoms. The summed E-state index contributed by atoms with van der Waals surface area (Å²) in [7, 11) is 1.62. The van der Waals surface area contributed by atoms with Crippen LogP contribution >= 0.6 is 11.3 Å². The van der Waals surface area contributed by atoms with Crippen molar-refractivity contribution < 1.29 is 19.4 Å². The Kier molecular flexibility index (Phi) is 7.20. The molecule has 1 aromatic carbocycles. The van der Waals surface area contributed by atoms with Crippen LogP contribution in [-0.4, -0.2) is 29.6 Å². The fourth-order valence-corrected chi connectivity index (χ4v) is 5.54. The number of ether oxygens (including phenoxy) is 1. The van der Waals surface area contributed by atoms with Crippen molar-refractivity contribution in [3.05, 3.63) is 51.9 Å². The molecule has 1 aliphatic carbocycles. The van der Waals surface area contributed by atoms with Crippen molar-refractivity contribution in [3.8, 4) is 10.4 Å². The lowest BCUT2D eigenvalue weighted by Gasteiger charge is -2.31. The van der Waals surface area contributed by atoms with Gasteiger partial charge in [-0.2, -0.15) is 0 Å². The molecule has 2 aromatic rings. The van der Waals surface area contributed by atoms with Gasteiger partial charge in [-0.15, -0.1) is 11.3 Å². The standard InChI is InChI=1S/C27H35NO4S/c1-16-20(22(25(30)31)32-26(2,3)4)21(17-12-14-27(5,6)15-13-17)23(33-16)18-10-8-9-11-19(18)24(29)28-7/h8-12,22H,13-15H2,1-7H3,(H,28,29)(H,30,31). The zero-order valence-electron chi connectivity index (χ0n) is 20.7. The van der Waals surface area contributed by atoms with Crippen LogP contribution in [0.1, 0.15) is 86.3 Å². The molecule has 0 radical (unpaired) electrons. The van der Waals surface area contributed by atoms with E-state index in [1.165, 1.54) is 11.3 Å². The number of hydrogen-bond acceptors (Lipinski definition) is 4. The van der Waals surface area contributed by atoms with Crippen molar-refractivity contribution in [2.75, 3.05) is 7.05 Å². The lowest BCUT2D eigenvalue weighted by Crippen LogP contribution is -2.28. The van der Waals surface area contributed by atoms with E-state index in [0.717, 1.165) is 45.7 Å². The highest BCUT2D eigenvalue weighted by Gasteiger charge is 2.35. The molecule has 0 spiro atoms. The maximum atomic E-state index is 12.7. The minimum atomic E-state index is -1.09. The third-order valence-electron chi connectivity index (χ3n) is 6.03. The van der Waals surface area contributed by atoms with E-state index in [9.17, 15) is 14.7 Å². The van der Waals surface area contributed by atoms with Crippen molar-refractivity contribution in [2.24, 2.45) is 5.41 Å². The van der Waals surface area contributed by atoms with Crippen LogP contribution in [0, 0.1) is 12.3 Å². The van der Waals surface area contributed by atoms with Gasteiger partial charge in [-0.3, -0.25) is 4.79 Å². The van der Waals surface area contributed by atoms with Crippen LogP contribution in [0.2, 0.25) is 0 Å². The first-order valence-electron chi connectivity index (χ1n) is 11.4. The summed E-state index contributed by atoms with van der Waals surface area (Å²) >= 11 is 1.54. The normalized spacial score (nSPS) is 16.8. The van der Waals surface area contributed by atoms with Gasteiger partial charge in [0.1, 0.15) is 0 Å². The number of carbonyl (C=O) groups is 2. The number of benzene rings is 1. The Morgan fingerprint density at radius 3 is 2.42 bits per heavy atom. The zero-order chi connectivity index (χ0) is 24.6. The molecule has 33 heavy (non-hydrogen) atoms. The minimum Gasteiger partial charge on any atom is -0.479 e. The fraction of sp³-hybridized carbons (Fsp3) is 0.481. The van der Waals surface area contributed by atoms with E-state index in [2.05, 4.69) is 25.2 Å². The molecule has 1 aliphatic rings. The average molecular weight is 470 g/mol. The molecule has 2 N–H and O–H groups in total. The topological polar surface area (TPSA) is 75.6 Å². The third-order valence-corrected chi connectivity index (χ3v) is 7.18. The number of carboxylic acids is 1. The van der Waals surface area contributed by atoms with E-state index in [1.807, 2.05) is 52.0 Å². The van der Waals surface area contributed by atoms with Gasteiger partial charge < -0.3 is 15.2 Å². The number of aryl methyl sites for hydroxylation is 1. The lowest BCUT2D eigenvalue weighted by molar-refractivity contribution is -0.160.